The summed E-state index contributed by atoms with van der Waals surface area (Å²) < 4.78 is 5.04. The molecule has 0 spiro atoms. The summed E-state index contributed by atoms with van der Waals surface area (Å²) in [6, 6.07) is 15.9. The van der Waals surface area contributed by atoms with Gasteiger partial charge in [0.15, 0.2) is 5.96 Å². The molecule has 0 heterocycles. The number of hydrogen-bond donors (Lipinski definition) is 3. The second kappa shape index (κ2) is 14.6. The van der Waals surface area contributed by atoms with Crippen molar-refractivity contribution in [2.75, 3.05) is 46.2 Å². The van der Waals surface area contributed by atoms with Gasteiger partial charge >= 0.3 is 0 Å². The molecule has 0 radical (unpaired) electrons. The van der Waals surface area contributed by atoms with Crippen LogP contribution in [0.5, 0.6) is 0 Å². The lowest BCUT2D eigenvalue weighted by Gasteiger charge is -2.13. The van der Waals surface area contributed by atoms with Crippen LogP contribution < -0.4 is 16.0 Å². The first-order valence-electron chi connectivity index (χ1n) is 10.2. The van der Waals surface area contributed by atoms with E-state index in [0.29, 0.717) is 25.3 Å². The van der Waals surface area contributed by atoms with E-state index in [4.69, 9.17) is 4.74 Å². The molecule has 170 valence electrons. The highest BCUT2D eigenvalue weighted by atomic mass is 127. The molecule has 7 nitrogen and oxygen atoms in total. The van der Waals surface area contributed by atoms with Crippen LogP contribution in [0.15, 0.2) is 53.5 Å². The van der Waals surface area contributed by atoms with E-state index in [2.05, 4.69) is 45.2 Å². The topological polar surface area (TPSA) is 78.0 Å². The second-order valence-corrected chi connectivity index (χ2v) is 7.06. The van der Waals surface area contributed by atoms with E-state index >= 15 is 0 Å². The quantitative estimate of drug-likeness (QED) is 0.187. The van der Waals surface area contributed by atoms with Crippen molar-refractivity contribution in [1.29, 1.82) is 0 Å². The number of benzene rings is 2. The van der Waals surface area contributed by atoms with E-state index in [1.165, 1.54) is 0 Å². The Morgan fingerprint density at radius 3 is 2.23 bits per heavy atom. The number of nitrogens with one attached hydrogen (secondary N) is 3. The molecule has 0 fully saturated rings. The third-order valence-corrected chi connectivity index (χ3v) is 4.42. The van der Waals surface area contributed by atoms with Crippen molar-refractivity contribution in [3.63, 3.8) is 0 Å². The van der Waals surface area contributed by atoms with Gasteiger partial charge in [0.1, 0.15) is 0 Å². The van der Waals surface area contributed by atoms with Crippen LogP contribution in [0.2, 0.25) is 0 Å². The zero-order valence-corrected chi connectivity index (χ0v) is 21.1. The maximum Gasteiger partial charge on any atom is 0.253 e. The maximum atomic E-state index is 12.0. The zero-order valence-electron chi connectivity index (χ0n) is 18.8. The fraction of sp³-hybridized carbons (Fsp3) is 0.391. The Hall–Kier alpha value is -2.33. The molecule has 0 aliphatic rings. The van der Waals surface area contributed by atoms with Crippen molar-refractivity contribution < 1.29 is 9.53 Å². The molecule has 0 atom stereocenters. The monoisotopic (exact) mass is 539 g/mol. The van der Waals surface area contributed by atoms with Gasteiger partial charge in [-0.05, 0) is 42.3 Å². The van der Waals surface area contributed by atoms with Gasteiger partial charge in [0.2, 0.25) is 0 Å². The van der Waals surface area contributed by atoms with Crippen LogP contribution >= 0.6 is 24.0 Å². The highest BCUT2D eigenvalue weighted by Crippen LogP contribution is 2.10. The number of ether oxygens (including phenoxy) is 1. The predicted octanol–water partition coefficient (Wildman–Crippen LogP) is 3.32. The number of hydrogen-bond acceptors (Lipinski definition) is 4. The summed E-state index contributed by atoms with van der Waals surface area (Å²) in [5.41, 5.74) is 3.98. The van der Waals surface area contributed by atoms with Crippen LogP contribution in [0, 0.1) is 0 Å². The number of halogens is 1. The molecular weight excluding hydrogens is 505 g/mol. The van der Waals surface area contributed by atoms with Crippen LogP contribution in [0.3, 0.4) is 0 Å². The van der Waals surface area contributed by atoms with Crippen molar-refractivity contribution in [3.05, 3.63) is 65.2 Å². The molecule has 3 N–H and O–H groups in total. The number of carbonyl (C=O) groups is 1. The summed E-state index contributed by atoms with van der Waals surface area (Å²) in [6.07, 6.45) is 0. The normalized spacial score (nSPS) is 10.8. The van der Waals surface area contributed by atoms with Gasteiger partial charge < -0.3 is 25.6 Å². The molecule has 31 heavy (non-hydrogen) atoms. The summed E-state index contributed by atoms with van der Waals surface area (Å²) in [6.45, 7) is 5.50. The highest BCUT2D eigenvalue weighted by Gasteiger charge is 2.07. The lowest BCUT2D eigenvalue weighted by Crippen LogP contribution is -2.36. The van der Waals surface area contributed by atoms with Crippen LogP contribution in [0.25, 0.3) is 0 Å². The van der Waals surface area contributed by atoms with Gasteiger partial charge in [-0.25, -0.2) is 4.99 Å². The smallest absolute Gasteiger partial charge is 0.253 e. The molecule has 8 heteroatoms. The Kier molecular flexibility index (Phi) is 12.6. The Morgan fingerprint density at radius 2 is 1.65 bits per heavy atom. The number of methoxy groups -OCH3 is 1. The zero-order chi connectivity index (χ0) is 21.8. The average Bonchev–Trinajstić information content (AvgIpc) is 2.76. The van der Waals surface area contributed by atoms with Crippen molar-refractivity contribution in [2.45, 2.75) is 20.0 Å². The van der Waals surface area contributed by atoms with Gasteiger partial charge in [0, 0.05) is 52.1 Å². The molecule has 2 aromatic carbocycles. The van der Waals surface area contributed by atoms with Gasteiger partial charge in [-0.2, -0.15) is 0 Å². The van der Waals surface area contributed by atoms with Gasteiger partial charge in [-0.3, -0.25) is 4.79 Å². The summed E-state index contributed by atoms with van der Waals surface area (Å²) in [4.78, 5) is 18.2. The fourth-order valence-corrected chi connectivity index (χ4v) is 2.75. The van der Waals surface area contributed by atoms with E-state index in [0.717, 1.165) is 35.9 Å². The molecule has 0 bridgehead atoms. The molecule has 0 unspecified atom stereocenters. The van der Waals surface area contributed by atoms with Crippen LogP contribution in [-0.4, -0.2) is 57.7 Å². The third kappa shape index (κ3) is 9.56. The molecule has 0 aromatic heterocycles. The number of rotatable bonds is 10. The van der Waals surface area contributed by atoms with Crippen molar-refractivity contribution in [2.24, 2.45) is 4.99 Å². The number of aliphatic imine (C=N–C) groups is 1. The first-order valence-corrected chi connectivity index (χ1v) is 10.2. The Balaban J connectivity index is 0.00000480. The number of anilines is 1. The molecule has 0 saturated carbocycles. The van der Waals surface area contributed by atoms with Crippen LogP contribution in [0.1, 0.15) is 28.4 Å². The minimum Gasteiger partial charge on any atom is -0.383 e. The van der Waals surface area contributed by atoms with Crippen LogP contribution in [0.4, 0.5) is 5.69 Å². The van der Waals surface area contributed by atoms with Crippen molar-refractivity contribution in [3.8, 4) is 0 Å². The summed E-state index contributed by atoms with van der Waals surface area (Å²) in [5, 5.41) is 9.91. The van der Waals surface area contributed by atoms with E-state index in [1.54, 1.807) is 26.1 Å². The van der Waals surface area contributed by atoms with E-state index in [9.17, 15) is 4.79 Å². The average molecular weight is 539 g/mol. The molecule has 0 saturated heterocycles. The maximum absolute atomic E-state index is 12.0. The minimum atomic E-state index is 0. The SMILES string of the molecule is CCNC(=NCc1ccc(NCCOC)cc1)NCc1ccc(C(=O)N(C)C)cc1.I. The summed E-state index contributed by atoms with van der Waals surface area (Å²) in [7, 11) is 5.20. The summed E-state index contributed by atoms with van der Waals surface area (Å²) in [5.74, 6) is 0.762. The first-order chi connectivity index (χ1) is 14.5. The molecule has 1 amide bonds. The molecule has 2 aromatic rings. The molecule has 0 aliphatic heterocycles. The van der Waals surface area contributed by atoms with Gasteiger partial charge in [-0.15, -0.1) is 24.0 Å². The van der Waals surface area contributed by atoms with Gasteiger partial charge in [-0.1, -0.05) is 24.3 Å². The summed E-state index contributed by atoms with van der Waals surface area (Å²) >= 11 is 0. The van der Waals surface area contributed by atoms with Gasteiger partial charge in [0.25, 0.3) is 5.91 Å². The number of nitrogens with zero attached hydrogens (tertiary/aromatic N) is 2. The van der Waals surface area contributed by atoms with E-state index in [-0.39, 0.29) is 29.9 Å². The lowest BCUT2D eigenvalue weighted by atomic mass is 10.1. The second-order valence-electron chi connectivity index (χ2n) is 7.06. The largest absolute Gasteiger partial charge is 0.383 e. The van der Waals surface area contributed by atoms with Crippen LogP contribution in [-0.2, 0) is 17.8 Å². The molecule has 0 aliphatic carbocycles. The molecular formula is C23H34IN5O2. The Labute approximate surface area is 202 Å². The predicted molar refractivity (Wildman–Crippen MR) is 138 cm³/mol. The highest BCUT2D eigenvalue weighted by molar-refractivity contribution is 14.0. The minimum absolute atomic E-state index is 0. The standard InChI is InChI=1S/C23H33N5O2.HI/c1-5-24-23(26-16-18-6-10-20(11-7-18)22(29)28(2)3)27-17-19-8-12-21(13-9-19)25-14-15-30-4;/h6-13,25H,5,14-17H2,1-4H3,(H2,24,26,27);1H. The number of guanidine groups is 1. The lowest BCUT2D eigenvalue weighted by molar-refractivity contribution is 0.0827. The van der Waals surface area contributed by atoms with E-state index < -0.39 is 0 Å². The van der Waals surface area contributed by atoms with E-state index in [1.807, 2.05) is 31.2 Å². The van der Waals surface area contributed by atoms with Crippen molar-refractivity contribution in [1.82, 2.24) is 15.5 Å². The fourth-order valence-electron chi connectivity index (χ4n) is 2.75. The van der Waals surface area contributed by atoms with Gasteiger partial charge in [0.05, 0.1) is 13.2 Å². The number of carbonyl (C=O) groups excluding carboxylic acids is 1. The van der Waals surface area contributed by atoms with Crippen molar-refractivity contribution >= 4 is 41.5 Å². The third-order valence-electron chi connectivity index (χ3n) is 4.42. The Bertz CT molecular complexity index is 808. The molecule has 2 rings (SSSR count). The Morgan fingerprint density at radius 1 is 1.00 bits per heavy atom. The first kappa shape index (κ1) is 26.7. The number of amides is 1.